The monoisotopic (exact) mass is 521 g/mol. The number of nitrogens with zero attached hydrogens (tertiary/aromatic N) is 2. The molecule has 1 unspecified atom stereocenters. The minimum Gasteiger partial charge on any atom is -0.495 e. The molecule has 11 heteroatoms. The lowest BCUT2D eigenvalue weighted by atomic mass is 9.98. The Balaban J connectivity index is 1.52. The second-order valence-electron chi connectivity index (χ2n) is 8.83. The quantitative estimate of drug-likeness (QED) is 0.600. The molecule has 2 aromatic rings. The topological polar surface area (TPSA) is 113 Å². The van der Waals surface area contributed by atoms with E-state index in [4.69, 9.17) is 4.74 Å². The average Bonchev–Trinajstić information content (AvgIpc) is 2.89. The first kappa shape index (κ1) is 25.6. The van der Waals surface area contributed by atoms with Gasteiger partial charge in [0.25, 0.3) is 0 Å². The van der Waals surface area contributed by atoms with Crippen molar-refractivity contribution >= 4 is 31.6 Å². The Bertz CT molecular complexity index is 1260. The van der Waals surface area contributed by atoms with E-state index in [1.807, 2.05) is 0 Å². The maximum absolute atomic E-state index is 13.2. The number of carbonyl (C=O) groups is 1. The van der Waals surface area contributed by atoms with Gasteiger partial charge >= 0.3 is 0 Å². The number of ether oxygens (including phenoxy) is 1. The van der Waals surface area contributed by atoms with Crippen LogP contribution >= 0.6 is 0 Å². The molecule has 1 amide bonds. The predicted molar refractivity (Wildman–Crippen MR) is 132 cm³/mol. The molecular weight excluding hydrogens is 490 g/mol. The summed E-state index contributed by atoms with van der Waals surface area (Å²) in [6.45, 7) is 1.35. The Morgan fingerprint density at radius 1 is 0.857 bits per heavy atom. The number of anilines is 1. The van der Waals surface area contributed by atoms with E-state index in [9.17, 15) is 21.6 Å². The summed E-state index contributed by atoms with van der Waals surface area (Å²) in [6, 6.07) is 12.6. The van der Waals surface area contributed by atoms with Crippen molar-refractivity contribution in [1.82, 2.24) is 8.61 Å². The summed E-state index contributed by atoms with van der Waals surface area (Å²) in [5, 5.41) is 2.79. The van der Waals surface area contributed by atoms with Gasteiger partial charge in [0.15, 0.2) is 0 Å². The van der Waals surface area contributed by atoms with Gasteiger partial charge in [0.1, 0.15) is 5.75 Å². The van der Waals surface area contributed by atoms with Crippen LogP contribution in [0, 0.1) is 5.92 Å². The van der Waals surface area contributed by atoms with Gasteiger partial charge in [-0.25, -0.2) is 16.8 Å². The third-order valence-electron chi connectivity index (χ3n) is 6.52. The molecule has 9 nitrogen and oxygen atoms in total. The van der Waals surface area contributed by atoms with Crippen molar-refractivity contribution < 1.29 is 26.4 Å². The Kier molecular flexibility index (Phi) is 7.80. The van der Waals surface area contributed by atoms with Crippen LogP contribution in [0.3, 0.4) is 0 Å². The van der Waals surface area contributed by atoms with Crippen molar-refractivity contribution in [1.29, 1.82) is 0 Å². The van der Waals surface area contributed by atoms with Crippen molar-refractivity contribution in [2.24, 2.45) is 5.92 Å². The number of benzene rings is 2. The van der Waals surface area contributed by atoms with Gasteiger partial charge in [0.05, 0.1) is 28.5 Å². The van der Waals surface area contributed by atoms with Crippen LogP contribution in [0.25, 0.3) is 0 Å². The largest absolute Gasteiger partial charge is 0.495 e. The summed E-state index contributed by atoms with van der Waals surface area (Å²) < 4.78 is 60.4. The van der Waals surface area contributed by atoms with Crippen LogP contribution in [0.2, 0.25) is 0 Å². The number of hydrogen-bond donors (Lipinski definition) is 1. The lowest BCUT2D eigenvalue weighted by Gasteiger charge is -2.31. The van der Waals surface area contributed by atoms with Crippen LogP contribution < -0.4 is 10.1 Å². The Morgan fingerprint density at radius 3 is 2.20 bits per heavy atom. The highest BCUT2D eigenvalue weighted by Crippen LogP contribution is 2.31. The van der Waals surface area contributed by atoms with Gasteiger partial charge < -0.3 is 10.1 Å². The first-order valence-corrected chi connectivity index (χ1v) is 14.7. The molecule has 0 bridgehead atoms. The highest BCUT2D eigenvalue weighted by molar-refractivity contribution is 7.89. The second kappa shape index (κ2) is 10.7. The lowest BCUT2D eigenvalue weighted by Crippen LogP contribution is -2.43. The van der Waals surface area contributed by atoms with E-state index in [1.54, 1.807) is 18.2 Å². The number of carbonyl (C=O) groups excluding carboxylic acids is 1. The van der Waals surface area contributed by atoms with Crippen molar-refractivity contribution in [3.05, 3.63) is 48.5 Å². The standard InChI is InChI=1S/C24H31N3O6S2/c1-33-23-13-12-21(35(31,32)26-14-6-3-7-15-26)17-22(23)25-24(28)19-9-8-16-27(18-19)34(29,30)20-10-4-2-5-11-20/h2,4-5,10-13,17,19H,3,6-9,14-16,18H2,1H3,(H,25,28). The van der Waals surface area contributed by atoms with Gasteiger partial charge in [-0.05, 0) is 56.0 Å². The van der Waals surface area contributed by atoms with E-state index in [1.165, 1.54) is 46.1 Å². The summed E-state index contributed by atoms with van der Waals surface area (Å²) in [5.74, 6) is -0.612. The third kappa shape index (κ3) is 5.53. The van der Waals surface area contributed by atoms with Crippen molar-refractivity contribution in [2.45, 2.75) is 41.9 Å². The van der Waals surface area contributed by atoms with E-state index in [0.717, 1.165) is 19.3 Å². The summed E-state index contributed by atoms with van der Waals surface area (Å²) >= 11 is 0. The minimum absolute atomic E-state index is 0.0527. The molecule has 0 saturated carbocycles. The fourth-order valence-corrected chi connectivity index (χ4v) is 7.64. The van der Waals surface area contributed by atoms with Crippen LogP contribution in [0.15, 0.2) is 58.3 Å². The molecule has 2 aliphatic heterocycles. The summed E-state index contributed by atoms with van der Waals surface area (Å²) in [5.41, 5.74) is 0.249. The third-order valence-corrected chi connectivity index (χ3v) is 10.3. The van der Waals surface area contributed by atoms with Crippen LogP contribution in [0.1, 0.15) is 32.1 Å². The summed E-state index contributed by atoms with van der Waals surface area (Å²) in [6.07, 6.45) is 3.73. The molecule has 2 saturated heterocycles. The number of sulfonamides is 2. The van der Waals surface area contributed by atoms with Gasteiger partial charge in [-0.3, -0.25) is 4.79 Å². The van der Waals surface area contributed by atoms with Gasteiger partial charge in [-0.15, -0.1) is 0 Å². The van der Waals surface area contributed by atoms with Gasteiger partial charge in [-0.2, -0.15) is 8.61 Å². The molecule has 2 aromatic carbocycles. The van der Waals surface area contributed by atoms with E-state index < -0.39 is 26.0 Å². The highest BCUT2D eigenvalue weighted by Gasteiger charge is 2.34. The zero-order chi connectivity index (χ0) is 25.1. The van der Waals surface area contributed by atoms with Crippen LogP contribution in [0.5, 0.6) is 5.75 Å². The molecule has 190 valence electrons. The molecule has 2 heterocycles. The number of hydrogen-bond acceptors (Lipinski definition) is 6. The Morgan fingerprint density at radius 2 is 1.51 bits per heavy atom. The molecule has 2 fully saturated rings. The molecular formula is C24H31N3O6S2. The molecule has 1 N–H and O–H groups in total. The Hall–Kier alpha value is -2.47. The van der Waals surface area contributed by atoms with Crippen molar-refractivity contribution in [3.8, 4) is 5.75 Å². The number of methoxy groups -OCH3 is 1. The SMILES string of the molecule is COc1ccc(S(=O)(=O)N2CCCCC2)cc1NC(=O)C1CCCN(S(=O)(=O)c2ccccc2)C1. The molecule has 0 aromatic heterocycles. The number of amides is 1. The lowest BCUT2D eigenvalue weighted by molar-refractivity contribution is -0.120. The maximum atomic E-state index is 13.2. The van der Waals surface area contributed by atoms with Crippen LogP contribution in [-0.4, -0.2) is 64.6 Å². The summed E-state index contributed by atoms with van der Waals surface area (Å²) in [7, 11) is -5.96. The molecule has 0 spiro atoms. The first-order valence-electron chi connectivity index (χ1n) is 11.8. The Labute approximate surface area is 207 Å². The maximum Gasteiger partial charge on any atom is 0.243 e. The number of nitrogens with one attached hydrogen (secondary N) is 1. The van der Waals surface area contributed by atoms with E-state index in [2.05, 4.69) is 5.32 Å². The second-order valence-corrected chi connectivity index (χ2v) is 12.7. The fourth-order valence-electron chi connectivity index (χ4n) is 4.55. The molecule has 1 atom stereocenters. The van der Waals surface area contributed by atoms with Crippen molar-refractivity contribution in [2.75, 3.05) is 38.6 Å². The molecule has 0 radical (unpaired) electrons. The zero-order valence-corrected chi connectivity index (χ0v) is 21.4. The fraction of sp³-hybridized carbons (Fsp3) is 0.458. The van der Waals surface area contributed by atoms with Gasteiger partial charge in [-0.1, -0.05) is 24.6 Å². The van der Waals surface area contributed by atoms with Crippen molar-refractivity contribution in [3.63, 3.8) is 0 Å². The first-order chi connectivity index (χ1) is 16.7. The van der Waals surface area contributed by atoms with Gasteiger partial charge in [0, 0.05) is 26.2 Å². The minimum atomic E-state index is -3.71. The normalized spacial score (nSPS) is 20.3. The molecule has 4 rings (SSSR count). The molecule has 2 aliphatic rings. The molecule has 0 aliphatic carbocycles. The summed E-state index contributed by atoms with van der Waals surface area (Å²) in [4.78, 5) is 13.4. The predicted octanol–water partition coefficient (Wildman–Crippen LogP) is 2.91. The number of piperidine rings is 2. The van der Waals surface area contributed by atoms with Crippen LogP contribution in [-0.2, 0) is 24.8 Å². The van der Waals surface area contributed by atoms with Gasteiger partial charge in [0.2, 0.25) is 26.0 Å². The van der Waals surface area contributed by atoms with E-state index in [-0.39, 0.29) is 27.9 Å². The number of rotatable bonds is 7. The van der Waals surface area contributed by atoms with Crippen LogP contribution in [0.4, 0.5) is 5.69 Å². The zero-order valence-electron chi connectivity index (χ0n) is 19.7. The van der Waals surface area contributed by atoms with E-state index >= 15 is 0 Å². The smallest absolute Gasteiger partial charge is 0.243 e. The highest BCUT2D eigenvalue weighted by atomic mass is 32.2. The van der Waals surface area contributed by atoms with E-state index in [0.29, 0.717) is 38.2 Å². The molecule has 35 heavy (non-hydrogen) atoms. The average molecular weight is 522 g/mol.